The quantitative estimate of drug-likeness (QED) is 0.249. The van der Waals surface area contributed by atoms with E-state index in [4.69, 9.17) is 23.6 Å². The number of fused-ring (bicyclic) bond motifs is 3. The molecule has 198 valence electrons. The second-order valence-corrected chi connectivity index (χ2v) is 10.8. The predicted octanol–water partition coefficient (Wildman–Crippen LogP) is -2.14. The molecule has 0 radical (unpaired) electrons. The maximum absolute atomic E-state index is 14.3. The number of hydrogen-bond acceptors (Lipinski definition) is 11. The number of carbonyl (C=O) groups is 5. The van der Waals surface area contributed by atoms with Crippen LogP contribution in [0, 0.1) is 40.9 Å². The average Bonchev–Trinajstić information content (AvgIpc) is 2.77. The number of primary amides is 1. The number of terminal acetylenes is 1. The van der Waals surface area contributed by atoms with E-state index in [0.717, 1.165) is 0 Å². The molecule has 0 spiro atoms. The molecule has 2 fully saturated rings. The van der Waals surface area contributed by atoms with Crippen LogP contribution >= 0.6 is 0 Å². The number of ketones is 4. The van der Waals surface area contributed by atoms with Crippen LogP contribution in [0.25, 0.3) is 0 Å². The van der Waals surface area contributed by atoms with Crippen molar-refractivity contribution in [3.05, 3.63) is 22.8 Å². The molecule has 1 aromatic carbocycles. The van der Waals surface area contributed by atoms with Crippen LogP contribution in [0.1, 0.15) is 27.9 Å². The zero-order valence-corrected chi connectivity index (χ0v) is 21.4. The van der Waals surface area contributed by atoms with Crippen molar-refractivity contribution < 1.29 is 29.1 Å². The molecule has 1 amide bonds. The smallest absolute Gasteiger partial charge is 0.235 e. The van der Waals surface area contributed by atoms with Gasteiger partial charge in [-0.05, 0) is 38.6 Å². The summed E-state index contributed by atoms with van der Waals surface area (Å²) in [4.78, 5) is 70.6. The second-order valence-electron chi connectivity index (χ2n) is 10.8. The van der Waals surface area contributed by atoms with Crippen molar-refractivity contribution in [2.75, 3.05) is 33.1 Å². The highest BCUT2D eigenvalue weighted by molar-refractivity contribution is 6.33. The monoisotopic (exact) mass is 520 g/mol. The van der Waals surface area contributed by atoms with Crippen molar-refractivity contribution >= 4 is 34.7 Å². The summed E-state index contributed by atoms with van der Waals surface area (Å²) in [5, 5.41) is 21.3. The SMILES string of the molecule is C#Cc1cc(N(C)C)c2c(c1O)C(=O)C1C(=O)[C@]3(C#N)C(=O)C(C(N)=O)C(=O)[C@@H](N(C)C)[C@]3(N)C[C@]1(N)C2. The Morgan fingerprint density at radius 1 is 1.16 bits per heavy atom. The van der Waals surface area contributed by atoms with Crippen molar-refractivity contribution in [3.8, 4) is 24.2 Å². The van der Waals surface area contributed by atoms with Gasteiger partial charge in [-0.3, -0.25) is 28.9 Å². The molecule has 0 heterocycles. The summed E-state index contributed by atoms with van der Waals surface area (Å²) in [6.45, 7) is 0. The zero-order chi connectivity index (χ0) is 28.7. The Morgan fingerprint density at radius 2 is 1.76 bits per heavy atom. The average molecular weight is 521 g/mol. The summed E-state index contributed by atoms with van der Waals surface area (Å²) in [7, 11) is 6.26. The molecular weight excluding hydrogens is 492 g/mol. The summed E-state index contributed by atoms with van der Waals surface area (Å²) in [5.41, 5.74) is 12.7. The van der Waals surface area contributed by atoms with E-state index < -0.39 is 75.6 Å². The van der Waals surface area contributed by atoms with Gasteiger partial charge in [0, 0.05) is 25.3 Å². The van der Waals surface area contributed by atoms with Crippen LogP contribution in [0.5, 0.6) is 5.75 Å². The highest BCUT2D eigenvalue weighted by atomic mass is 16.3. The number of likely N-dealkylation sites (N-methyl/N-ethyl adjacent to an activating group) is 1. The third-order valence-corrected chi connectivity index (χ3v) is 8.20. The predicted molar refractivity (Wildman–Crippen MR) is 134 cm³/mol. The maximum atomic E-state index is 14.3. The molecule has 12 nitrogen and oxygen atoms in total. The number of phenols is 1. The van der Waals surface area contributed by atoms with Gasteiger partial charge < -0.3 is 27.2 Å². The number of nitrogens with zero attached hydrogens (tertiary/aromatic N) is 3. The Balaban J connectivity index is 2.07. The Kier molecular flexibility index (Phi) is 5.81. The van der Waals surface area contributed by atoms with E-state index in [1.54, 1.807) is 25.1 Å². The van der Waals surface area contributed by atoms with Crippen LogP contribution in [0.2, 0.25) is 0 Å². The molecule has 4 rings (SSSR count). The lowest BCUT2D eigenvalue weighted by molar-refractivity contribution is -0.166. The molecule has 12 heteroatoms. The molecule has 2 unspecified atom stereocenters. The van der Waals surface area contributed by atoms with E-state index in [-0.39, 0.29) is 17.5 Å². The van der Waals surface area contributed by atoms with Crippen molar-refractivity contribution in [1.82, 2.24) is 4.90 Å². The summed E-state index contributed by atoms with van der Waals surface area (Å²) in [5.74, 6) is -7.99. The van der Waals surface area contributed by atoms with Gasteiger partial charge in [-0.2, -0.15) is 5.26 Å². The molecule has 2 saturated carbocycles. The van der Waals surface area contributed by atoms with Crippen LogP contribution in [-0.2, 0) is 25.6 Å². The maximum Gasteiger partial charge on any atom is 0.235 e. The first-order chi connectivity index (χ1) is 17.6. The number of benzene rings is 1. The molecule has 0 saturated heterocycles. The lowest BCUT2D eigenvalue weighted by atomic mass is 9.42. The number of carbonyl (C=O) groups excluding carboxylic acids is 5. The molecule has 6 atom stereocenters. The number of aromatic hydroxyl groups is 1. The van der Waals surface area contributed by atoms with Crippen LogP contribution < -0.4 is 22.1 Å². The van der Waals surface area contributed by atoms with Crippen molar-refractivity contribution in [1.29, 1.82) is 5.26 Å². The minimum atomic E-state index is -2.79. The molecule has 0 aliphatic heterocycles. The minimum Gasteiger partial charge on any atom is -0.506 e. The number of amides is 1. The number of rotatable bonds is 3. The topological polar surface area (TPSA) is 214 Å². The Bertz CT molecular complexity index is 1440. The van der Waals surface area contributed by atoms with Gasteiger partial charge in [0.05, 0.1) is 28.8 Å². The van der Waals surface area contributed by atoms with Crippen LogP contribution in [-0.4, -0.2) is 84.4 Å². The van der Waals surface area contributed by atoms with Crippen LogP contribution in [0.3, 0.4) is 0 Å². The van der Waals surface area contributed by atoms with Gasteiger partial charge in [0.25, 0.3) is 0 Å². The van der Waals surface area contributed by atoms with Gasteiger partial charge in [-0.15, -0.1) is 6.42 Å². The van der Waals surface area contributed by atoms with E-state index in [0.29, 0.717) is 11.3 Å². The highest BCUT2D eigenvalue weighted by Gasteiger charge is 2.78. The number of nitrogens with two attached hydrogens (primary N) is 3. The van der Waals surface area contributed by atoms with E-state index in [9.17, 15) is 34.3 Å². The van der Waals surface area contributed by atoms with E-state index in [2.05, 4.69) is 5.92 Å². The Morgan fingerprint density at radius 3 is 2.24 bits per heavy atom. The van der Waals surface area contributed by atoms with Crippen molar-refractivity contribution in [3.63, 3.8) is 0 Å². The van der Waals surface area contributed by atoms with Gasteiger partial charge >= 0.3 is 0 Å². The van der Waals surface area contributed by atoms with Crippen molar-refractivity contribution in [2.24, 2.45) is 34.5 Å². The molecule has 3 aliphatic carbocycles. The fourth-order valence-corrected chi connectivity index (χ4v) is 6.76. The molecular formula is C26H28N6O6. The lowest BCUT2D eigenvalue weighted by Gasteiger charge is -2.60. The lowest BCUT2D eigenvalue weighted by Crippen LogP contribution is -2.85. The first-order valence-corrected chi connectivity index (χ1v) is 11.7. The van der Waals surface area contributed by atoms with Crippen LogP contribution in [0.4, 0.5) is 5.69 Å². The summed E-state index contributed by atoms with van der Waals surface area (Å²) in [6.07, 6.45) is 4.88. The summed E-state index contributed by atoms with van der Waals surface area (Å²) in [6, 6.07) is 1.71. The molecule has 0 bridgehead atoms. The van der Waals surface area contributed by atoms with Gasteiger partial charge in [0.1, 0.15) is 11.7 Å². The number of phenolic OH excluding ortho intramolecular Hbond substituents is 1. The van der Waals surface area contributed by atoms with E-state index in [1.807, 2.05) is 0 Å². The first kappa shape index (κ1) is 26.9. The number of anilines is 1. The molecule has 0 aromatic heterocycles. The molecule has 38 heavy (non-hydrogen) atoms. The van der Waals surface area contributed by atoms with E-state index in [1.165, 1.54) is 25.1 Å². The number of nitriles is 1. The normalized spacial score (nSPS) is 34.1. The summed E-state index contributed by atoms with van der Waals surface area (Å²) < 4.78 is 0. The highest BCUT2D eigenvalue weighted by Crippen LogP contribution is 2.57. The fraction of sp³-hybridized carbons (Fsp3) is 0.462. The van der Waals surface area contributed by atoms with Crippen molar-refractivity contribution in [2.45, 2.75) is 30.0 Å². The second kappa shape index (κ2) is 8.20. The molecule has 1 aromatic rings. The van der Waals surface area contributed by atoms with E-state index >= 15 is 0 Å². The van der Waals surface area contributed by atoms with Gasteiger partial charge in [-0.25, -0.2) is 0 Å². The largest absolute Gasteiger partial charge is 0.506 e. The van der Waals surface area contributed by atoms with Crippen LogP contribution in [0.15, 0.2) is 6.07 Å². The summed E-state index contributed by atoms with van der Waals surface area (Å²) >= 11 is 0. The van der Waals surface area contributed by atoms with Gasteiger partial charge in [0.2, 0.25) is 5.91 Å². The zero-order valence-electron chi connectivity index (χ0n) is 21.4. The minimum absolute atomic E-state index is 0.00227. The number of hydrogen-bond donors (Lipinski definition) is 4. The first-order valence-electron chi connectivity index (χ1n) is 11.7. The standard InChI is InChI=1S/C26H28N6O6/c1-6-11-7-13(31(2)3)12-8-24(29)9-26(30)20(32(4)5)19(35)15(23(28)38)21(36)25(26,10-27)22(37)16(24)18(34)14(12)17(11)33/h1,7,15-16,20,33H,8-9,29-30H2,2-5H3,(H2,28,38)/t15?,16?,20-,24-,25+,26-/m1/s1. The Labute approximate surface area is 218 Å². The molecule has 3 aliphatic rings. The van der Waals surface area contributed by atoms with Gasteiger partial charge in [0.15, 0.2) is 34.5 Å². The fourth-order valence-electron chi connectivity index (χ4n) is 6.76. The Hall–Kier alpha value is -4.10. The number of Topliss-reactive ketones (excluding diaryl/α,β-unsaturated/α-hetero) is 4. The third-order valence-electron chi connectivity index (χ3n) is 8.20. The third kappa shape index (κ3) is 2.99. The van der Waals surface area contributed by atoms with Gasteiger partial charge in [-0.1, -0.05) is 5.92 Å². The molecule has 7 N–H and O–H groups in total.